The summed E-state index contributed by atoms with van der Waals surface area (Å²) in [5.41, 5.74) is 0.249. The maximum Gasteiger partial charge on any atom is 0.417 e. The van der Waals surface area contributed by atoms with E-state index in [1.165, 1.54) is 10.5 Å². The molecule has 0 aliphatic carbocycles. The fourth-order valence-corrected chi connectivity index (χ4v) is 3.21. The first-order chi connectivity index (χ1) is 10.1. The van der Waals surface area contributed by atoms with Crippen molar-refractivity contribution in [2.24, 2.45) is 0 Å². The third kappa shape index (κ3) is 2.53. The van der Waals surface area contributed by atoms with E-state index in [9.17, 15) is 9.59 Å². The predicted octanol–water partition coefficient (Wildman–Crippen LogP) is 2.02. The molecule has 0 N–H and O–H groups in total. The van der Waals surface area contributed by atoms with E-state index in [-0.39, 0.29) is 5.91 Å². The van der Waals surface area contributed by atoms with Crippen LogP contribution in [0.4, 0.5) is 4.79 Å². The molecule has 0 aromatic heterocycles. The summed E-state index contributed by atoms with van der Waals surface area (Å²) in [5, 5.41) is 0. The van der Waals surface area contributed by atoms with Gasteiger partial charge in [-0.15, -0.1) is 0 Å². The van der Waals surface area contributed by atoms with Crippen LogP contribution in [0, 0.1) is 0 Å². The van der Waals surface area contributed by atoms with Gasteiger partial charge in [0.05, 0.1) is 0 Å². The standard InChI is InChI=1S/C16H20N2O3/c1-2-18-14(19)16(21-15(18)20)9-6-10-17(12-16)11-13-7-4-3-5-8-13/h3-5,7-8H,2,6,9-12H2,1H3/t16-/m0/s1. The molecule has 3 rings (SSSR count). The van der Waals surface area contributed by atoms with E-state index in [4.69, 9.17) is 4.74 Å². The Bertz CT molecular complexity index is 546. The number of piperidine rings is 1. The van der Waals surface area contributed by atoms with Crippen LogP contribution in [0.25, 0.3) is 0 Å². The van der Waals surface area contributed by atoms with Gasteiger partial charge in [0.1, 0.15) is 0 Å². The lowest BCUT2D eigenvalue weighted by Gasteiger charge is -2.37. The van der Waals surface area contributed by atoms with Gasteiger partial charge in [0, 0.05) is 19.6 Å². The second kappa shape index (κ2) is 5.48. The molecule has 2 heterocycles. The van der Waals surface area contributed by atoms with Crippen LogP contribution in [0.2, 0.25) is 0 Å². The van der Waals surface area contributed by atoms with Gasteiger partial charge < -0.3 is 4.74 Å². The van der Waals surface area contributed by atoms with Crippen molar-refractivity contribution in [2.45, 2.75) is 31.9 Å². The predicted molar refractivity (Wildman–Crippen MR) is 77.6 cm³/mol. The molecule has 5 nitrogen and oxygen atoms in total. The van der Waals surface area contributed by atoms with E-state index in [0.717, 1.165) is 19.5 Å². The molecule has 0 bridgehead atoms. The van der Waals surface area contributed by atoms with Crippen LogP contribution in [0.3, 0.4) is 0 Å². The van der Waals surface area contributed by atoms with Crippen molar-refractivity contribution in [1.29, 1.82) is 0 Å². The van der Waals surface area contributed by atoms with Gasteiger partial charge in [-0.2, -0.15) is 0 Å². The van der Waals surface area contributed by atoms with Crippen molar-refractivity contribution >= 4 is 12.0 Å². The van der Waals surface area contributed by atoms with Crippen molar-refractivity contribution in [3.05, 3.63) is 35.9 Å². The Hall–Kier alpha value is -1.88. The van der Waals surface area contributed by atoms with E-state index < -0.39 is 11.7 Å². The number of amides is 2. The molecule has 2 fully saturated rings. The molecule has 112 valence electrons. The minimum Gasteiger partial charge on any atom is -0.431 e. The highest BCUT2D eigenvalue weighted by atomic mass is 16.6. The van der Waals surface area contributed by atoms with Crippen LogP contribution in [-0.2, 0) is 16.1 Å². The minimum absolute atomic E-state index is 0.173. The number of nitrogens with zero attached hydrogens (tertiary/aromatic N) is 2. The fourth-order valence-electron chi connectivity index (χ4n) is 3.21. The number of benzene rings is 1. The number of likely N-dealkylation sites (tertiary alicyclic amines) is 1. The monoisotopic (exact) mass is 288 g/mol. The Kier molecular flexibility index (Phi) is 3.68. The second-order valence-electron chi connectivity index (χ2n) is 5.71. The molecule has 2 aliphatic heterocycles. The molecule has 1 aromatic carbocycles. The summed E-state index contributed by atoms with van der Waals surface area (Å²) in [6.45, 7) is 4.36. The first-order valence-corrected chi connectivity index (χ1v) is 7.46. The average Bonchev–Trinajstić information content (AvgIpc) is 2.70. The van der Waals surface area contributed by atoms with E-state index in [2.05, 4.69) is 17.0 Å². The number of rotatable bonds is 3. The minimum atomic E-state index is -0.958. The van der Waals surface area contributed by atoms with Gasteiger partial charge in [-0.1, -0.05) is 30.3 Å². The molecule has 1 spiro atoms. The summed E-state index contributed by atoms with van der Waals surface area (Å²) < 4.78 is 5.47. The van der Waals surface area contributed by atoms with Gasteiger partial charge >= 0.3 is 6.09 Å². The number of carbonyl (C=O) groups excluding carboxylic acids is 2. The topological polar surface area (TPSA) is 49.9 Å². The molecule has 0 saturated carbocycles. The fraction of sp³-hybridized carbons (Fsp3) is 0.500. The molecule has 2 aliphatic rings. The summed E-state index contributed by atoms with van der Waals surface area (Å²) >= 11 is 0. The summed E-state index contributed by atoms with van der Waals surface area (Å²) in [4.78, 5) is 27.7. The van der Waals surface area contributed by atoms with Crippen LogP contribution in [0.15, 0.2) is 30.3 Å². The average molecular weight is 288 g/mol. The lowest BCUT2D eigenvalue weighted by atomic mass is 9.91. The van der Waals surface area contributed by atoms with Crippen LogP contribution >= 0.6 is 0 Å². The molecule has 1 atom stereocenters. The number of ether oxygens (including phenoxy) is 1. The van der Waals surface area contributed by atoms with Crippen LogP contribution in [0.1, 0.15) is 25.3 Å². The van der Waals surface area contributed by atoms with Gasteiger partial charge in [-0.3, -0.25) is 9.69 Å². The second-order valence-corrected chi connectivity index (χ2v) is 5.71. The Morgan fingerprint density at radius 1 is 1.24 bits per heavy atom. The van der Waals surface area contributed by atoms with E-state index in [1.54, 1.807) is 6.92 Å². The van der Waals surface area contributed by atoms with Crippen molar-refractivity contribution in [1.82, 2.24) is 9.80 Å². The zero-order valence-electron chi connectivity index (χ0n) is 12.2. The quantitative estimate of drug-likeness (QED) is 0.854. The highest BCUT2D eigenvalue weighted by molar-refractivity contribution is 6.03. The summed E-state index contributed by atoms with van der Waals surface area (Å²) in [6.07, 6.45) is 0.993. The smallest absolute Gasteiger partial charge is 0.417 e. The maximum absolute atomic E-state index is 12.5. The van der Waals surface area contributed by atoms with Gasteiger partial charge in [0.2, 0.25) is 5.60 Å². The van der Waals surface area contributed by atoms with Gasteiger partial charge in [-0.25, -0.2) is 9.69 Å². The van der Waals surface area contributed by atoms with Crippen molar-refractivity contribution in [3.8, 4) is 0 Å². The molecule has 0 radical (unpaired) electrons. The highest BCUT2D eigenvalue weighted by Gasteiger charge is 2.55. The Balaban J connectivity index is 1.74. The SMILES string of the molecule is CCN1C(=O)O[C@]2(CCCN(Cc3ccccc3)C2)C1=O. The highest BCUT2D eigenvalue weighted by Crippen LogP contribution is 2.33. The molecule has 21 heavy (non-hydrogen) atoms. The van der Waals surface area contributed by atoms with E-state index in [1.807, 2.05) is 18.2 Å². The molecule has 2 saturated heterocycles. The molecule has 1 aromatic rings. The molecular formula is C16H20N2O3. The largest absolute Gasteiger partial charge is 0.431 e. The van der Waals surface area contributed by atoms with Crippen molar-refractivity contribution in [3.63, 3.8) is 0 Å². The Labute approximate surface area is 124 Å². The van der Waals surface area contributed by atoms with Gasteiger partial charge in [-0.05, 0) is 31.9 Å². The number of hydrogen-bond donors (Lipinski definition) is 0. The maximum atomic E-state index is 12.5. The van der Waals surface area contributed by atoms with E-state index in [0.29, 0.717) is 19.5 Å². The number of hydrogen-bond acceptors (Lipinski definition) is 4. The molecule has 2 amide bonds. The van der Waals surface area contributed by atoms with Gasteiger partial charge in [0.15, 0.2) is 0 Å². The number of carbonyl (C=O) groups is 2. The summed E-state index contributed by atoms with van der Waals surface area (Å²) in [7, 11) is 0. The lowest BCUT2D eigenvalue weighted by Crippen LogP contribution is -2.53. The third-order valence-electron chi connectivity index (χ3n) is 4.24. The Morgan fingerprint density at radius 3 is 2.67 bits per heavy atom. The first kappa shape index (κ1) is 14.1. The zero-order valence-corrected chi connectivity index (χ0v) is 12.2. The molecular weight excluding hydrogens is 268 g/mol. The van der Waals surface area contributed by atoms with E-state index >= 15 is 0 Å². The van der Waals surface area contributed by atoms with Crippen LogP contribution in [-0.4, -0.2) is 47.0 Å². The number of likely N-dealkylation sites (N-methyl/N-ethyl adjacent to an activating group) is 1. The van der Waals surface area contributed by atoms with Gasteiger partial charge in [0.25, 0.3) is 5.91 Å². The summed E-state index contributed by atoms with van der Waals surface area (Å²) in [5.74, 6) is -0.173. The zero-order chi connectivity index (χ0) is 14.9. The van der Waals surface area contributed by atoms with Crippen molar-refractivity contribution in [2.75, 3.05) is 19.6 Å². The van der Waals surface area contributed by atoms with Crippen LogP contribution < -0.4 is 0 Å². The summed E-state index contributed by atoms with van der Waals surface area (Å²) in [6, 6.07) is 10.1. The van der Waals surface area contributed by atoms with Crippen molar-refractivity contribution < 1.29 is 14.3 Å². The lowest BCUT2D eigenvalue weighted by molar-refractivity contribution is -0.141. The Morgan fingerprint density at radius 2 is 2.00 bits per heavy atom. The van der Waals surface area contributed by atoms with Crippen LogP contribution in [0.5, 0.6) is 0 Å². The number of imide groups is 1. The third-order valence-corrected chi connectivity index (χ3v) is 4.24. The molecule has 5 heteroatoms. The normalized spacial score (nSPS) is 26.4. The molecule has 0 unspecified atom stereocenters. The first-order valence-electron chi connectivity index (χ1n) is 7.46.